The second-order valence-corrected chi connectivity index (χ2v) is 7.10. The highest BCUT2D eigenvalue weighted by atomic mass is 16.2. The van der Waals surface area contributed by atoms with E-state index in [0.717, 1.165) is 19.3 Å². The Morgan fingerprint density at radius 2 is 1.92 bits per heavy atom. The molecule has 0 N–H and O–H groups in total. The van der Waals surface area contributed by atoms with Crippen molar-refractivity contribution in [1.29, 1.82) is 0 Å². The highest BCUT2D eigenvalue weighted by molar-refractivity contribution is 5.95. The predicted octanol–water partition coefficient (Wildman–Crippen LogP) is 2.87. The lowest BCUT2D eigenvalue weighted by Gasteiger charge is -2.41. The molecule has 1 aliphatic heterocycles. The molecule has 2 heterocycles. The first kappa shape index (κ1) is 16.9. The molecule has 2 fully saturated rings. The Morgan fingerprint density at radius 1 is 1.25 bits per heavy atom. The van der Waals surface area contributed by atoms with E-state index in [4.69, 9.17) is 0 Å². The lowest BCUT2D eigenvalue weighted by molar-refractivity contribution is -0.130. The van der Waals surface area contributed by atoms with Crippen molar-refractivity contribution in [2.75, 3.05) is 13.1 Å². The van der Waals surface area contributed by atoms with Crippen LogP contribution in [0.25, 0.3) is 0 Å². The Morgan fingerprint density at radius 3 is 2.50 bits per heavy atom. The van der Waals surface area contributed by atoms with Crippen LogP contribution in [0, 0.1) is 0 Å². The van der Waals surface area contributed by atoms with Crippen LogP contribution in [0.3, 0.4) is 0 Å². The minimum Gasteiger partial charge on any atom is -0.338 e. The maximum atomic E-state index is 13.1. The molecule has 0 radical (unpaired) electrons. The van der Waals surface area contributed by atoms with E-state index in [-0.39, 0.29) is 23.4 Å². The van der Waals surface area contributed by atoms with Gasteiger partial charge in [0.15, 0.2) is 0 Å². The number of likely N-dealkylation sites (N-methyl/N-ethyl adjacent to an activating group) is 1. The van der Waals surface area contributed by atoms with Crippen molar-refractivity contribution in [3.05, 3.63) is 30.1 Å². The first-order valence-corrected chi connectivity index (χ1v) is 9.06. The third kappa shape index (κ3) is 3.04. The van der Waals surface area contributed by atoms with E-state index in [1.54, 1.807) is 31.5 Å². The van der Waals surface area contributed by atoms with Gasteiger partial charge in [0.25, 0.3) is 5.91 Å². The normalized spacial score (nSPS) is 22.6. The zero-order valence-corrected chi connectivity index (χ0v) is 14.7. The molecular weight excluding hydrogens is 302 g/mol. The van der Waals surface area contributed by atoms with Gasteiger partial charge in [0.2, 0.25) is 5.91 Å². The standard InChI is InChI=1S/C19H27N3O2/c1-3-21(15(2)23)17-13-19(9-5-4-6-10-19)22(14-17)18(24)16-7-11-20-12-8-16/h7-8,11-12,17H,3-6,9-10,13-14H2,1-2H3/t17-/m0/s1. The summed E-state index contributed by atoms with van der Waals surface area (Å²) in [7, 11) is 0. The van der Waals surface area contributed by atoms with E-state index in [9.17, 15) is 9.59 Å². The molecule has 1 aromatic rings. The van der Waals surface area contributed by atoms with Crippen LogP contribution >= 0.6 is 0 Å². The number of carbonyl (C=O) groups is 2. The smallest absolute Gasteiger partial charge is 0.254 e. The van der Waals surface area contributed by atoms with Crippen LogP contribution in [-0.4, -0.2) is 51.3 Å². The third-order valence-corrected chi connectivity index (χ3v) is 5.72. The minimum absolute atomic E-state index is 0.0772. The van der Waals surface area contributed by atoms with Gasteiger partial charge < -0.3 is 9.80 Å². The molecule has 1 atom stereocenters. The van der Waals surface area contributed by atoms with Gasteiger partial charge in [0, 0.05) is 43.5 Å². The number of rotatable bonds is 3. The summed E-state index contributed by atoms with van der Waals surface area (Å²) in [5.74, 6) is 0.188. The number of carbonyl (C=O) groups excluding carboxylic acids is 2. The Balaban J connectivity index is 1.89. The van der Waals surface area contributed by atoms with Gasteiger partial charge >= 0.3 is 0 Å². The van der Waals surface area contributed by atoms with Crippen molar-refractivity contribution in [2.45, 2.75) is 64.0 Å². The molecule has 1 saturated carbocycles. The summed E-state index contributed by atoms with van der Waals surface area (Å²) in [6, 6.07) is 3.71. The van der Waals surface area contributed by atoms with E-state index in [0.29, 0.717) is 18.7 Å². The van der Waals surface area contributed by atoms with Crippen molar-refractivity contribution in [3.8, 4) is 0 Å². The highest BCUT2D eigenvalue weighted by Gasteiger charge is 2.49. The SMILES string of the molecule is CCN(C(C)=O)[C@@H]1CN(C(=O)c2ccncc2)C2(CCCCC2)C1. The van der Waals surface area contributed by atoms with Gasteiger partial charge in [-0.3, -0.25) is 14.6 Å². The maximum Gasteiger partial charge on any atom is 0.254 e. The molecule has 1 aliphatic carbocycles. The van der Waals surface area contributed by atoms with Crippen molar-refractivity contribution in [1.82, 2.24) is 14.8 Å². The number of likely N-dealkylation sites (tertiary alicyclic amines) is 1. The molecule has 0 bridgehead atoms. The number of aromatic nitrogens is 1. The van der Waals surface area contributed by atoms with Gasteiger partial charge in [-0.25, -0.2) is 0 Å². The summed E-state index contributed by atoms with van der Waals surface area (Å²) >= 11 is 0. The molecule has 3 rings (SSSR count). The summed E-state index contributed by atoms with van der Waals surface area (Å²) in [5.41, 5.74) is 0.619. The molecule has 2 amide bonds. The van der Waals surface area contributed by atoms with Crippen molar-refractivity contribution < 1.29 is 9.59 Å². The number of hydrogen-bond donors (Lipinski definition) is 0. The fourth-order valence-corrected chi connectivity index (χ4v) is 4.60. The quantitative estimate of drug-likeness (QED) is 0.857. The molecule has 1 spiro atoms. The monoisotopic (exact) mass is 329 g/mol. The zero-order chi connectivity index (χ0) is 17.2. The fraction of sp³-hybridized carbons (Fsp3) is 0.632. The largest absolute Gasteiger partial charge is 0.338 e. The summed E-state index contributed by atoms with van der Waals surface area (Å²) in [6.45, 7) is 4.99. The van der Waals surface area contributed by atoms with Crippen molar-refractivity contribution >= 4 is 11.8 Å². The number of hydrogen-bond acceptors (Lipinski definition) is 3. The first-order valence-electron chi connectivity index (χ1n) is 9.06. The number of amides is 2. The van der Waals surface area contributed by atoms with Crippen LogP contribution in [0.15, 0.2) is 24.5 Å². The van der Waals surface area contributed by atoms with E-state index in [1.807, 2.05) is 11.8 Å². The minimum atomic E-state index is -0.0772. The molecule has 0 unspecified atom stereocenters. The third-order valence-electron chi connectivity index (χ3n) is 5.72. The average molecular weight is 329 g/mol. The second-order valence-electron chi connectivity index (χ2n) is 7.10. The highest BCUT2D eigenvalue weighted by Crippen LogP contribution is 2.43. The Hall–Kier alpha value is -1.91. The molecule has 5 nitrogen and oxygen atoms in total. The fourth-order valence-electron chi connectivity index (χ4n) is 4.60. The van der Waals surface area contributed by atoms with Crippen LogP contribution in [0.5, 0.6) is 0 Å². The molecule has 2 aliphatic rings. The van der Waals surface area contributed by atoms with E-state index < -0.39 is 0 Å². The van der Waals surface area contributed by atoms with Crippen LogP contribution in [0.4, 0.5) is 0 Å². The zero-order valence-electron chi connectivity index (χ0n) is 14.7. The van der Waals surface area contributed by atoms with Gasteiger partial charge in [-0.05, 0) is 38.3 Å². The van der Waals surface area contributed by atoms with E-state index in [2.05, 4.69) is 9.88 Å². The summed E-state index contributed by atoms with van der Waals surface area (Å²) in [5, 5.41) is 0. The first-order chi connectivity index (χ1) is 11.6. The van der Waals surface area contributed by atoms with Crippen LogP contribution in [-0.2, 0) is 4.79 Å². The number of pyridine rings is 1. The molecule has 0 aromatic carbocycles. The molecule has 5 heteroatoms. The van der Waals surface area contributed by atoms with Gasteiger partial charge in [-0.15, -0.1) is 0 Å². The van der Waals surface area contributed by atoms with Crippen LogP contribution < -0.4 is 0 Å². The summed E-state index contributed by atoms with van der Waals surface area (Å²) in [6.07, 6.45) is 9.93. The lowest BCUT2D eigenvalue weighted by atomic mass is 9.79. The second kappa shape index (κ2) is 6.91. The molecule has 1 saturated heterocycles. The Labute approximate surface area is 144 Å². The molecule has 130 valence electrons. The van der Waals surface area contributed by atoms with Gasteiger partial charge in [0.1, 0.15) is 0 Å². The maximum absolute atomic E-state index is 13.1. The van der Waals surface area contributed by atoms with Crippen molar-refractivity contribution in [3.63, 3.8) is 0 Å². The van der Waals surface area contributed by atoms with Crippen LogP contribution in [0.1, 0.15) is 62.7 Å². The lowest BCUT2D eigenvalue weighted by Crippen LogP contribution is -2.48. The van der Waals surface area contributed by atoms with E-state index in [1.165, 1.54) is 19.3 Å². The molecule has 1 aromatic heterocycles. The van der Waals surface area contributed by atoms with E-state index >= 15 is 0 Å². The Kier molecular flexibility index (Phi) is 4.88. The number of nitrogens with zero attached hydrogens (tertiary/aromatic N) is 3. The predicted molar refractivity (Wildman–Crippen MR) is 92.6 cm³/mol. The van der Waals surface area contributed by atoms with Gasteiger partial charge in [-0.1, -0.05) is 19.3 Å². The Bertz CT molecular complexity index is 596. The molecule has 24 heavy (non-hydrogen) atoms. The van der Waals surface area contributed by atoms with Crippen LogP contribution in [0.2, 0.25) is 0 Å². The summed E-state index contributed by atoms with van der Waals surface area (Å²) < 4.78 is 0. The summed E-state index contributed by atoms with van der Waals surface area (Å²) in [4.78, 5) is 33.1. The average Bonchev–Trinajstić information content (AvgIpc) is 2.94. The van der Waals surface area contributed by atoms with Gasteiger partial charge in [0.05, 0.1) is 6.04 Å². The topological polar surface area (TPSA) is 53.5 Å². The molecular formula is C19H27N3O2. The van der Waals surface area contributed by atoms with Gasteiger partial charge in [-0.2, -0.15) is 0 Å². The van der Waals surface area contributed by atoms with Crippen molar-refractivity contribution in [2.24, 2.45) is 0 Å².